The molecular weight excluding hydrogens is 158 g/mol. The van der Waals surface area contributed by atoms with Crippen LogP contribution in [0.15, 0.2) is 0 Å². The minimum atomic E-state index is -0.933. The summed E-state index contributed by atoms with van der Waals surface area (Å²) in [6.45, 7) is 0. The Morgan fingerprint density at radius 3 is 2.00 bits per heavy atom. The van der Waals surface area contributed by atoms with Gasteiger partial charge in [0, 0.05) is 7.11 Å². The average Bonchev–Trinajstić information content (AvgIpc) is 1.64. The molecule has 0 aromatic heterocycles. The van der Waals surface area contributed by atoms with Crippen molar-refractivity contribution in [3.8, 4) is 0 Å². The van der Waals surface area contributed by atoms with Crippen molar-refractivity contribution in [1.29, 1.82) is 0 Å². The maximum absolute atomic E-state index is 10.2. The number of halogens is 1. The summed E-state index contributed by atoms with van der Waals surface area (Å²) in [6, 6.07) is 0. The van der Waals surface area contributed by atoms with Crippen molar-refractivity contribution in [1.82, 2.24) is 0 Å². The minimum Gasteiger partial charge on any atom is -1.00 e. The van der Waals surface area contributed by atoms with Crippen LogP contribution in [-0.4, -0.2) is 38.5 Å². The number of hydrogen-bond donors (Lipinski definition) is 2. The summed E-state index contributed by atoms with van der Waals surface area (Å²) in [5.74, 6) is -0.933. The molecule has 2 N–H and O–H groups in total. The number of ether oxygens (including phenoxy) is 1. The van der Waals surface area contributed by atoms with E-state index in [9.17, 15) is 4.79 Å². The quantitative estimate of drug-likeness (QED) is 0.417. The van der Waals surface area contributed by atoms with Crippen LogP contribution in [0.4, 0.5) is 0 Å². The molecule has 0 saturated heterocycles. The molecule has 1 atom stereocenters. The Kier molecular flexibility index (Phi) is 6.76. The third-order valence-corrected chi connectivity index (χ3v) is 0.984. The highest BCUT2D eigenvalue weighted by molar-refractivity contribution is 5.70. The van der Waals surface area contributed by atoms with Crippen molar-refractivity contribution < 1.29 is 31.9 Å². The predicted molar refractivity (Wildman–Crippen MR) is 31.2 cm³/mol. The van der Waals surface area contributed by atoms with Crippen LogP contribution in [0.3, 0.4) is 0 Å². The molecule has 62 valence electrons. The van der Waals surface area contributed by atoms with Gasteiger partial charge in [-0.25, -0.2) is 4.79 Å². The molecule has 0 aromatic carbocycles. The van der Waals surface area contributed by atoms with Gasteiger partial charge in [-0.05, 0) is 0 Å². The molecule has 0 fully saturated rings. The van der Waals surface area contributed by atoms with Crippen LogP contribution < -0.4 is 17.3 Å². The van der Waals surface area contributed by atoms with E-state index in [1.54, 1.807) is 14.1 Å². The highest BCUT2D eigenvalue weighted by Gasteiger charge is 2.21. The summed E-state index contributed by atoms with van der Waals surface area (Å²) in [5.41, 5.74) is 0. The molecule has 0 radical (unpaired) electrons. The molecule has 0 aliphatic carbocycles. The minimum absolute atomic E-state index is 0. The highest BCUT2D eigenvalue weighted by atomic mass is 35.5. The summed E-state index contributed by atoms with van der Waals surface area (Å²) in [7, 11) is 4.83. The van der Waals surface area contributed by atoms with Gasteiger partial charge in [0.1, 0.15) is 0 Å². The fraction of sp³-hybridized carbons (Fsp3) is 0.800. The van der Waals surface area contributed by atoms with Crippen molar-refractivity contribution in [3.05, 3.63) is 0 Å². The molecule has 5 heteroatoms. The summed E-state index contributed by atoms with van der Waals surface area (Å²) in [5, 5.41) is 8.40. The zero-order valence-corrected chi connectivity index (χ0v) is 6.97. The molecule has 0 spiro atoms. The van der Waals surface area contributed by atoms with Crippen LogP contribution >= 0.6 is 0 Å². The molecule has 0 aliphatic rings. The first-order valence-electron chi connectivity index (χ1n) is 2.65. The Hall–Kier alpha value is -0.320. The number of aliphatic carboxylic acids is 1. The SMILES string of the molecule is COC(C(=O)O)[NH+](C)C.[Cl-]. The lowest BCUT2D eigenvalue weighted by molar-refractivity contribution is -0.899. The normalized spacial score (nSPS) is 12.4. The second kappa shape index (κ2) is 5.46. The topological polar surface area (TPSA) is 51.0 Å². The second-order valence-corrected chi connectivity index (χ2v) is 2.03. The standard InChI is InChI=1S/C5H11NO3.ClH/c1-6(2)4(9-3)5(7)8;/h4H,1-3H3,(H,7,8);1H. The predicted octanol–water partition coefficient (Wildman–Crippen LogP) is -4.81. The molecule has 0 aromatic rings. The van der Waals surface area contributed by atoms with Gasteiger partial charge >= 0.3 is 5.97 Å². The van der Waals surface area contributed by atoms with E-state index in [4.69, 9.17) is 5.11 Å². The average molecular weight is 170 g/mol. The van der Waals surface area contributed by atoms with E-state index in [0.717, 1.165) is 4.90 Å². The lowest BCUT2D eigenvalue weighted by atomic mass is 10.5. The molecule has 0 rings (SSSR count). The van der Waals surface area contributed by atoms with E-state index in [1.165, 1.54) is 7.11 Å². The van der Waals surface area contributed by atoms with Crippen LogP contribution in [-0.2, 0) is 9.53 Å². The molecule has 0 aliphatic heterocycles. The van der Waals surface area contributed by atoms with Crippen molar-refractivity contribution in [2.24, 2.45) is 0 Å². The molecule has 0 bridgehead atoms. The van der Waals surface area contributed by atoms with Crippen molar-refractivity contribution in [2.45, 2.75) is 6.23 Å². The third kappa shape index (κ3) is 3.66. The zero-order chi connectivity index (χ0) is 7.44. The Morgan fingerprint density at radius 2 is 2.00 bits per heavy atom. The third-order valence-electron chi connectivity index (χ3n) is 0.984. The number of hydrogen-bond acceptors (Lipinski definition) is 2. The molecule has 4 nitrogen and oxygen atoms in total. The van der Waals surface area contributed by atoms with Gasteiger partial charge in [-0.2, -0.15) is 0 Å². The summed E-state index contributed by atoms with van der Waals surface area (Å²) in [6.07, 6.45) is -0.745. The van der Waals surface area contributed by atoms with E-state index >= 15 is 0 Å². The largest absolute Gasteiger partial charge is 1.00 e. The van der Waals surface area contributed by atoms with Gasteiger partial charge in [0.05, 0.1) is 14.1 Å². The lowest BCUT2D eigenvalue weighted by Crippen LogP contribution is -3.11. The van der Waals surface area contributed by atoms with Crippen LogP contribution in [0, 0.1) is 0 Å². The van der Waals surface area contributed by atoms with E-state index in [1.807, 2.05) is 0 Å². The molecule has 0 heterocycles. The Balaban J connectivity index is 0. The Bertz CT molecular complexity index is 107. The van der Waals surface area contributed by atoms with Gasteiger partial charge in [0.25, 0.3) is 6.23 Å². The van der Waals surface area contributed by atoms with Gasteiger partial charge < -0.3 is 27.2 Å². The zero-order valence-electron chi connectivity index (χ0n) is 6.22. The van der Waals surface area contributed by atoms with Crippen LogP contribution in [0.5, 0.6) is 0 Å². The van der Waals surface area contributed by atoms with Gasteiger partial charge in [-0.15, -0.1) is 0 Å². The van der Waals surface area contributed by atoms with Crippen molar-refractivity contribution in [2.75, 3.05) is 21.2 Å². The van der Waals surface area contributed by atoms with Crippen molar-refractivity contribution >= 4 is 5.97 Å². The molecule has 1 unspecified atom stereocenters. The van der Waals surface area contributed by atoms with Gasteiger partial charge in [0.2, 0.25) is 0 Å². The number of quaternary nitrogens is 1. The molecule has 10 heavy (non-hydrogen) atoms. The number of likely N-dealkylation sites (N-methyl/N-ethyl adjacent to an activating group) is 1. The summed E-state index contributed by atoms with van der Waals surface area (Å²) in [4.78, 5) is 11.0. The monoisotopic (exact) mass is 169 g/mol. The maximum atomic E-state index is 10.2. The fourth-order valence-corrected chi connectivity index (χ4v) is 0.583. The number of methoxy groups -OCH3 is 1. The molecule has 0 amide bonds. The molecule has 0 saturated carbocycles. The number of carboxylic acid groups (broad SMARTS) is 1. The smallest absolute Gasteiger partial charge is 0.392 e. The number of nitrogens with one attached hydrogen (secondary N) is 1. The van der Waals surface area contributed by atoms with Crippen LogP contribution in [0.2, 0.25) is 0 Å². The lowest BCUT2D eigenvalue weighted by Gasteiger charge is -2.13. The molecular formula is C5H12ClNO3. The van der Waals surface area contributed by atoms with E-state index in [2.05, 4.69) is 4.74 Å². The number of rotatable bonds is 3. The van der Waals surface area contributed by atoms with Crippen LogP contribution in [0.25, 0.3) is 0 Å². The first kappa shape index (κ1) is 12.4. The number of carbonyl (C=O) groups is 1. The summed E-state index contributed by atoms with van der Waals surface area (Å²) >= 11 is 0. The first-order valence-corrected chi connectivity index (χ1v) is 2.65. The highest BCUT2D eigenvalue weighted by Crippen LogP contribution is 1.74. The maximum Gasteiger partial charge on any atom is 0.392 e. The van der Waals surface area contributed by atoms with Gasteiger partial charge in [-0.1, -0.05) is 0 Å². The summed E-state index contributed by atoms with van der Waals surface area (Å²) < 4.78 is 4.64. The van der Waals surface area contributed by atoms with E-state index < -0.39 is 12.2 Å². The van der Waals surface area contributed by atoms with Gasteiger partial charge in [0.15, 0.2) is 0 Å². The van der Waals surface area contributed by atoms with Crippen molar-refractivity contribution in [3.63, 3.8) is 0 Å². The van der Waals surface area contributed by atoms with Gasteiger partial charge in [-0.3, -0.25) is 0 Å². The second-order valence-electron chi connectivity index (χ2n) is 2.03. The number of carboxylic acids is 1. The van der Waals surface area contributed by atoms with E-state index in [0.29, 0.717) is 0 Å². The van der Waals surface area contributed by atoms with Crippen LogP contribution in [0.1, 0.15) is 0 Å². The Morgan fingerprint density at radius 1 is 1.60 bits per heavy atom. The van der Waals surface area contributed by atoms with E-state index in [-0.39, 0.29) is 12.4 Å². The Labute approximate surface area is 66.2 Å². The first-order chi connectivity index (χ1) is 4.09. The fourth-order valence-electron chi connectivity index (χ4n) is 0.583.